The van der Waals surface area contributed by atoms with Gasteiger partial charge in [-0.3, -0.25) is 0 Å². The normalized spacial score (nSPS) is 26.1. The van der Waals surface area contributed by atoms with E-state index in [1.807, 2.05) is 12.1 Å². The molecule has 0 spiro atoms. The molecule has 0 bridgehead atoms. The molecule has 1 aromatic carbocycles. The van der Waals surface area contributed by atoms with Crippen molar-refractivity contribution in [1.29, 1.82) is 0 Å². The number of nitrogens with one attached hydrogen (secondary N) is 1. The molecule has 1 N–H and O–H groups in total. The summed E-state index contributed by atoms with van der Waals surface area (Å²) in [6, 6.07) is 8.18. The lowest BCUT2D eigenvalue weighted by Crippen LogP contribution is -2.50. The molecule has 2 unspecified atom stereocenters. The van der Waals surface area contributed by atoms with Crippen molar-refractivity contribution < 1.29 is 9.53 Å². The van der Waals surface area contributed by atoms with Gasteiger partial charge >= 0.3 is 5.97 Å². The van der Waals surface area contributed by atoms with Crippen LogP contribution in [-0.4, -0.2) is 18.6 Å². The smallest absolute Gasteiger partial charge is 0.331 e. The molecule has 1 saturated carbocycles. The molecule has 0 aliphatic heterocycles. The van der Waals surface area contributed by atoms with E-state index in [1.165, 1.54) is 19.1 Å². The van der Waals surface area contributed by atoms with Gasteiger partial charge < -0.3 is 10.1 Å². The SMILES string of the molecule is CCC1CCCC(Nc2cccc(C)c2)(C(=O)OC)C1. The van der Waals surface area contributed by atoms with Crippen LogP contribution in [0.15, 0.2) is 24.3 Å². The molecule has 3 heteroatoms. The van der Waals surface area contributed by atoms with Gasteiger partial charge in [0.2, 0.25) is 0 Å². The van der Waals surface area contributed by atoms with Gasteiger partial charge in [0, 0.05) is 5.69 Å². The summed E-state index contributed by atoms with van der Waals surface area (Å²) in [7, 11) is 1.48. The van der Waals surface area contributed by atoms with Gasteiger partial charge in [0.05, 0.1) is 7.11 Å². The molecule has 0 radical (unpaired) electrons. The highest BCUT2D eigenvalue weighted by Gasteiger charge is 2.43. The van der Waals surface area contributed by atoms with Crippen molar-refractivity contribution in [3.05, 3.63) is 29.8 Å². The molecule has 0 aromatic heterocycles. The maximum Gasteiger partial charge on any atom is 0.331 e. The second kappa shape index (κ2) is 6.29. The topological polar surface area (TPSA) is 38.3 Å². The van der Waals surface area contributed by atoms with Gasteiger partial charge in [0.1, 0.15) is 5.54 Å². The standard InChI is InChI=1S/C17H25NO2/c1-4-14-8-6-10-17(12-14,16(19)20-3)18-15-9-5-7-13(2)11-15/h5,7,9,11,14,18H,4,6,8,10,12H2,1-3H3. The Kier molecular flexibility index (Phi) is 4.69. The van der Waals surface area contributed by atoms with Gasteiger partial charge in [-0.15, -0.1) is 0 Å². The van der Waals surface area contributed by atoms with E-state index in [2.05, 4.69) is 31.3 Å². The van der Waals surface area contributed by atoms with Gasteiger partial charge in [0.25, 0.3) is 0 Å². The number of hydrogen-bond donors (Lipinski definition) is 1. The minimum absolute atomic E-state index is 0.128. The third-order valence-electron chi connectivity index (χ3n) is 4.41. The molecular formula is C17H25NO2. The van der Waals surface area contributed by atoms with Crippen LogP contribution in [0.5, 0.6) is 0 Å². The van der Waals surface area contributed by atoms with Crippen molar-refractivity contribution in [2.45, 2.75) is 51.5 Å². The first kappa shape index (κ1) is 14.9. The fourth-order valence-corrected chi connectivity index (χ4v) is 3.28. The fourth-order valence-electron chi connectivity index (χ4n) is 3.28. The molecule has 1 aromatic rings. The zero-order chi connectivity index (χ0) is 14.6. The van der Waals surface area contributed by atoms with Crippen molar-refractivity contribution >= 4 is 11.7 Å². The third-order valence-corrected chi connectivity index (χ3v) is 4.41. The second-order valence-corrected chi connectivity index (χ2v) is 5.94. The molecule has 1 fully saturated rings. The van der Waals surface area contributed by atoms with E-state index in [9.17, 15) is 4.79 Å². The van der Waals surface area contributed by atoms with Gasteiger partial charge in [-0.1, -0.05) is 38.3 Å². The number of carbonyl (C=O) groups is 1. The average Bonchev–Trinajstić information content (AvgIpc) is 2.46. The van der Waals surface area contributed by atoms with Gasteiger partial charge in [-0.25, -0.2) is 4.79 Å². The van der Waals surface area contributed by atoms with E-state index < -0.39 is 5.54 Å². The zero-order valence-electron chi connectivity index (χ0n) is 12.7. The molecule has 2 rings (SSSR count). The molecule has 110 valence electrons. The van der Waals surface area contributed by atoms with Crippen molar-refractivity contribution in [1.82, 2.24) is 0 Å². The molecular weight excluding hydrogens is 250 g/mol. The summed E-state index contributed by atoms with van der Waals surface area (Å²) in [6.07, 6.45) is 5.12. The lowest BCUT2D eigenvalue weighted by Gasteiger charge is -2.39. The third kappa shape index (κ3) is 3.14. The molecule has 3 nitrogen and oxygen atoms in total. The number of ether oxygens (including phenoxy) is 1. The monoisotopic (exact) mass is 275 g/mol. The maximum absolute atomic E-state index is 12.4. The Morgan fingerprint density at radius 2 is 2.30 bits per heavy atom. The predicted molar refractivity (Wildman–Crippen MR) is 81.8 cm³/mol. The van der Waals surface area contributed by atoms with Crippen LogP contribution in [0.25, 0.3) is 0 Å². The maximum atomic E-state index is 12.4. The summed E-state index contributed by atoms with van der Waals surface area (Å²) in [5.74, 6) is 0.470. The number of hydrogen-bond acceptors (Lipinski definition) is 3. The molecule has 1 aliphatic rings. The number of rotatable bonds is 4. The van der Waals surface area contributed by atoms with E-state index >= 15 is 0 Å². The van der Waals surface area contributed by atoms with Gasteiger partial charge in [0.15, 0.2) is 0 Å². The van der Waals surface area contributed by atoms with Crippen molar-refractivity contribution in [2.24, 2.45) is 5.92 Å². The summed E-state index contributed by atoms with van der Waals surface area (Å²) in [5, 5.41) is 3.48. The minimum Gasteiger partial charge on any atom is -0.467 e. The highest BCUT2D eigenvalue weighted by Crippen LogP contribution is 2.37. The number of anilines is 1. The highest BCUT2D eigenvalue weighted by atomic mass is 16.5. The molecule has 2 atom stereocenters. The van der Waals surface area contributed by atoms with Gasteiger partial charge in [-0.2, -0.15) is 0 Å². The molecule has 0 heterocycles. The Balaban J connectivity index is 2.25. The summed E-state index contributed by atoms with van der Waals surface area (Å²) in [4.78, 5) is 12.4. The summed E-state index contributed by atoms with van der Waals surface area (Å²) in [6.45, 7) is 4.26. The first-order chi connectivity index (χ1) is 9.59. The van der Waals surface area contributed by atoms with Crippen LogP contribution in [0, 0.1) is 12.8 Å². The average molecular weight is 275 g/mol. The molecule has 20 heavy (non-hydrogen) atoms. The van der Waals surface area contributed by atoms with Crippen LogP contribution in [0.1, 0.15) is 44.6 Å². The first-order valence-corrected chi connectivity index (χ1v) is 7.53. The van der Waals surface area contributed by atoms with E-state index in [4.69, 9.17) is 4.74 Å². The second-order valence-electron chi connectivity index (χ2n) is 5.94. The summed E-state index contributed by atoms with van der Waals surface area (Å²) < 4.78 is 5.09. The first-order valence-electron chi connectivity index (χ1n) is 7.53. The van der Waals surface area contributed by atoms with Crippen LogP contribution in [0.4, 0.5) is 5.69 Å². The van der Waals surface area contributed by atoms with E-state index in [0.29, 0.717) is 5.92 Å². The number of methoxy groups -OCH3 is 1. The van der Waals surface area contributed by atoms with Crippen LogP contribution in [0.2, 0.25) is 0 Å². The number of benzene rings is 1. The molecule has 1 aliphatic carbocycles. The van der Waals surface area contributed by atoms with Crippen LogP contribution in [0.3, 0.4) is 0 Å². The van der Waals surface area contributed by atoms with Crippen molar-refractivity contribution in [3.8, 4) is 0 Å². The highest BCUT2D eigenvalue weighted by molar-refractivity contribution is 5.84. The lowest BCUT2D eigenvalue weighted by molar-refractivity contribution is -0.147. The van der Waals surface area contributed by atoms with Crippen LogP contribution in [-0.2, 0) is 9.53 Å². The van der Waals surface area contributed by atoms with E-state index in [0.717, 1.165) is 31.4 Å². The predicted octanol–water partition coefficient (Wildman–Crippen LogP) is 3.92. The Labute approximate surface area is 121 Å². The largest absolute Gasteiger partial charge is 0.467 e. The zero-order valence-corrected chi connectivity index (χ0v) is 12.7. The Morgan fingerprint density at radius 1 is 1.50 bits per heavy atom. The van der Waals surface area contributed by atoms with Crippen LogP contribution < -0.4 is 5.32 Å². The number of esters is 1. The summed E-state index contributed by atoms with van der Waals surface area (Å²) in [5.41, 5.74) is 1.64. The van der Waals surface area contributed by atoms with E-state index in [1.54, 1.807) is 0 Å². The van der Waals surface area contributed by atoms with Crippen molar-refractivity contribution in [3.63, 3.8) is 0 Å². The minimum atomic E-state index is -0.554. The van der Waals surface area contributed by atoms with E-state index in [-0.39, 0.29) is 5.97 Å². The molecule has 0 amide bonds. The molecule has 0 saturated heterocycles. The van der Waals surface area contributed by atoms with Crippen molar-refractivity contribution in [2.75, 3.05) is 12.4 Å². The lowest BCUT2D eigenvalue weighted by atomic mass is 9.74. The number of aryl methyl sites for hydroxylation is 1. The summed E-state index contributed by atoms with van der Waals surface area (Å²) >= 11 is 0. The fraction of sp³-hybridized carbons (Fsp3) is 0.588. The van der Waals surface area contributed by atoms with Crippen LogP contribution >= 0.6 is 0 Å². The Bertz CT molecular complexity index is 472. The van der Waals surface area contributed by atoms with Gasteiger partial charge in [-0.05, 0) is 43.4 Å². The Morgan fingerprint density at radius 3 is 2.95 bits per heavy atom. The Hall–Kier alpha value is -1.51. The quantitative estimate of drug-likeness (QED) is 0.846. The number of carbonyl (C=O) groups excluding carboxylic acids is 1.